The maximum absolute atomic E-state index is 12.0. The van der Waals surface area contributed by atoms with Gasteiger partial charge in [0, 0.05) is 10.6 Å². The topological polar surface area (TPSA) is 67.4 Å². The Kier molecular flexibility index (Phi) is 4.79. The van der Waals surface area contributed by atoms with E-state index in [1.54, 1.807) is 42.5 Å². The number of rotatable bonds is 3. The summed E-state index contributed by atoms with van der Waals surface area (Å²) >= 11 is 5.85. The minimum atomic E-state index is -0.515. The normalized spacial score (nSPS) is 9.81. The third-order valence-electron chi connectivity index (χ3n) is 2.73. The zero-order valence-electron chi connectivity index (χ0n) is 11.2. The zero-order chi connectivity index (χ0) is 15.2. The van der Waals surface area contributed by atoms with Gasteiger partial charge in [-0.05, 0) is 30.3 Å². The van der Waals surface area contributed by atoms with Crippen LogP contribution in [0, 0.1) is 0 Å². The molecule has 0 radical (unpaired) electrons. The SMILES string of the molecule is COc1ccc(Cl)cc1C(=O)NNC(=O)c1ccccc1. The number of benzene rings is 2. The van der Waals surface area contributed by atoms with E-state index in [0.29, 0.717) is 16.3 Å². The van der Waals surface area contributed by atoms with Crippen molar-refractivity contribution in [2.75, 3.05) is 7.11 Å². The lowest BCUT2D eigenvalue weighted by molar-refractivity contribution is 0.0845. The molecule has 0 saturated heterocycles. The summed E-state index contributed by atoms with van der Waals surface area (Å²) in [6.45, 7) is 0. The van der Waals surface area contributed by atoms with Gasteiger partial charge in [0.2, 0.25) is 0 Å². The molecule has 0 heterocycles. The van der Waals surface area contributed by atoms with Gasteiger partial charge in [-0.15, -0.1) is 0 Å². The number of halogens is 1. The monoisotopic (exact) mass is 304 g/mol. The van der Waals surface area contributed by atoms with Crippen LogP contribution in [0.5, 0.6) is 5.75 Å². The quantitative estimate of drug-likeness (QED) is 0.856. The second-order valence-electron chi connectivity index (χ2n) is 4.12. The molecule has 2 aromatic carbocycles. The highest BCUT2D eigenvalue weighted by Gasteiger charge is 2.14. The van der Waals surface area contributed by atoms with Crippen molar-refractivity contribution in [3.05, 3.63) is 64.7 Å². The molecule has 0 aliphatic rings. The summed E-state index contributed by atoms with van der Waals surface area (Å²) in [5.41, 5.74) is 5.33. The first-order valence-corrected chi connectivity index (χ1v) is 6.49. The summed E-state index contributed by atoms with van der Waals surface area (Å²) in [4.78, 5) is 23.9. The predicted octanol–water partition coefficient (Wildman–Crippen LogP) is 2.42. The Labute approximate surface area is 126 Å². The van der Waals surface area contributed by atoms with E-state index in [1.165, 1.54) is 13.2 Å². The Hall–Kier alpha value is -2.53. The Balaban J connectivity index is 2.05. The Morgan fingerprint density at radius 1 is 1.00 bits per heavy atom. The number of hydrogen-bond acceptors (Lipinski definition) is 3. The Bertz CT molecular complexity index is 659. The fourth-order valence-electron chi connectivity index (χ4n) is 1.70. The van der Waals surface area contributed by atoms with E-state index in [0.717, 1.165) is 0 Å². The molecule has 0 aliphatic carbocycles. The van der Waals surface area contributed by atoms with E-state index < -0.39 is 11.8 Å². The van der Waals surface area contributed by atoms with Crippen molar-refractivity contribution >= 4 is 23.4 Å². The molecule has 2 amide bonds. The molecule has 108 valence electrons. The summed E-state index contributed by atoms with van der Waals surface area (Å²) in [6, 6.07) is 13.2. The highest BCUT2D eigenvalue weighted by Crippen LogP contribution is 2.22. The molecular formula is C15H13ClN2O3. The molecule has 0 fully saturated rings. The molecular weight excluding hydrogens is 292 g/mol. The van der Waals surface area contributed by atoms with Crippen molar-refractivity contribution in [2.45, 2.75) is 0 Å². The van der Waals surface area contributed by atoms with Crippen molar-refractivity contribution in [2.24, 2.45) is 0 Å². The number of hydrazine groups is 1. The van der Waals surface area contributed by atoms with Crippen molar-refractivity contribution in [1.82, 2.24) is 10.9 Å². The molecule has 0 saturated carbocycles. The van der Waals surface area contributed by atoms with Gasteiger partial charge in [-0.25, -0.2) is 0 Å². The van der Waals surface area contributed by atoms with Crippen molar-refractivity contribution in [3.63, 3.8) is 0 Å². The van der Waals surface area contributed by atoms with Gasteiger partial charge >= 0.3 is 0 Å². The van der Waals surface area contributed by atoms with Gasteiger partial charge < -0.3 is 4.74 Å². The van der Waals surface area contributed by atoms with Crippen LogP contribution >= 0.6 is 11.6 Å². The van der Waals surface area contributed by atoms with Crippen LogP contribution in [0.3, 0.4) is 0 Å². The molecule has 2 N–H and O–H groups in total. The van der Waals surface area contributed by atoms with Crippen LogP contribution in [0.25, 0.3) is 0 Å². The molecule has 2 aromatic rings. The van der Waals surface area contributed by atoms with Gasteiger partial charge in [0.15, 0.2) is 0 Å². The maximum Gasteiger partial charge on any atom is 0.273 e. The second kappa shape index (κ2) is 6.76. The van der Waals surface area contributed by atoms with E-state index in [9.17, 15) is 9.59 Å². The van der Waals surface area contributed by atoms with Gasteiger partial charge in [-0.2, -0.15) is 0 Å². The van der Waals surface area contributed by atoms with Crippen molar-refractivity contribution in [1.29, 1.82) is 0 Å². The van der Waals surface area contributed by atoms with E-state index in [1.807, 2.05) is 0 Å². The van der Waals surface area contributed by atoms with E-state index in [-0.39, 0.29) is 5.56 Å². The van der Waals surface area contributed by atoms with Crippen LogP contribution in [0.2, 0.25) is 5.02 Å². The lowest BCUT2D eigenvalue weighted by Gasteiger charge is -2.10. The summed E-state index contributed by atoms with van der Waals surface area (Å²) in [6.07, 6.45) is 0. The molecule has 0 spiro atoms. The van der Waals surface area contributed by atoms with Gasteiger partial charge in [0.25, 0.3) is 11.8 Å². The molecule has 0 aliphatic heterocycles. The van der Waals surface area contributed by atoms with E-state index in [2.05, 4.69) is 10.9 Å². The van der Waals surface area contributed by atoms with Gasteiger partial charge in [0.05, 0.1) is 12.7 Å². The van der Waals surface area contributed by atoms with Gasteiger partial charge in [-0.1, -0.05) is 29.8 Å². The number of hydrogen-bond donors (Lipinski definition) is 2. The second-order valence-corrected chi connectivity index (χ2v) is 4.56. The Morgan fingerprint density at radius 2 is 1.67 bits per heavy atom. The number of ether oxygens (including phenoxy) is 1. The molecule has 5 nitrogen and oxygen atoms in total. The first kappa shape index (κ1) is 14.9. The molecule has 0 unspecified atom stereocenters. The summed E-state index contributed by atoms with van der Waals surface area (Å²) in [7, 11) is 1.45. The predicted molar refractivity (Wildman–Crippen MR) is 79.4 cm³/mol. The smallest absolute Gasteiger partial charge is 0.273 e. The highest BCUT2D eigenvalue weighted by atomic mass is 35.5. The van der Waals surface area contributed by atoms with E-state index in [4.69, 9.17) is 16.3 Å². The van der Waals surface area contributed by atoms with Gasteiger partial charge in [0.1, 0.15) is 5.75 Å². The first-order chi connectivity index (χ1) is 10.1. The summed E-state index contributed by atoms with van der Waals surface area (Å²) < 4.78 is 5.08. The van der Waals surface area contributed by atoms with Crippen molar-refractivity contribution in [3.8, 4) is 5.75 Å². The molecule has 0 aromatic heterocycles. The largest absolute Gasteiger partial charge is 0.496 e. The molecule has 0 atom stereocenters. The summed E-state index contributed by atoms with van der Waals surface area (Å²) in [5, 5.41) is 0.398. The van der Waals surface area contributed by atoms with Crippen LogP contribution in [0.15, 0.2) is 48.5 Å². The van der Waals surface area contributed by atoms with E-state index >= 15 is 0 Å². The van der Waals surface area contributed by atoms with Crippen LogP contribution in [-0.4, -0.2) is 18.9 Å². The van der Waals surface area contributed by atoms with Crippen LogP contribution in [0.1, 0.15) is 20.7 Å². The van der Waals surface area contributed by atoms with Crippen molar-refractivity contribution < 1.29 is 14.3 Å². The number of carbonyl (C=O) groups excluding carboxylic acids is 2. The lowest BCUT2D eigenvalue weighted by Crippen LogP contribution is -2.41. The third kappa shape index (κ3) is 3.73. The third-order valence-corrected chi connectivity index (χ3v) is 2.97. The summed E-state index contributed by atoms with van der Waals surface area (Å²) in [5.74, 6) is -0.561. The minimum Gasteiger partial charge on any atom is -0.496 e. The average Bonchev–Trinajstić information content (AvgIpc) is 2.53. The minimum absolute atomic E-state index is 0.235. The lowest BCUT2D eigenvalue weighted by atomic mass is 10.2. The number of methoxy groups -OCH3 is 1. The zero-order valence-corrected chi connectivity index (χ0v) is 12.0. The van der Waals surface area contributed by atoms with Crippen LogP contribution in [-0.2, 0) is 0 Å². The van der Waals surface area contributed by atoms with Crippen LogP contribution in [0.4, 0.5) is 0 Å². The molecule has 0 bridgehead atoms. The maximum atomic E-state index is 12.0. The van der Waals surface area contributed by atoms with Gasteiger partial charge in [-0.3, -0.25) is 20.4 Å². The number of carbonyl (C=O) groups is 2. The average molecular weight is 305 g/mol. The van der Waals surface area contributed by atoms with Crippen LogP contribution < -0.4 is 15.6 Å². The fraction of sp³-hybridized carbons (Fsp3) is 0.0667. The standard InChI is InChI=1S/C15H13ClN2O3/c1-21-13-8-7-11(16)9-12(13)15(20)18-17-14(19)10-5-3-2-4-6-10/h2-9H,1H3,(H,17,19)(H,18,20). The highest BCUT2D eigenvalue weighted by molar-refractivity contribution is 6.31. The fourth-order valence-corrected chi connectivity index (χ4v) is 1.87. The molecule has 21 heavy (non-hydrogen) atoms. The molecule has 2 rings (SSSR count). The number of amides is 2. The first-order valence-electron chi connectivity index (χ1n) is 6.11. The molecule has 6 heteroatoms. The number of nitrogens with one attached hydrogen (secondary N) is 2. The Morgan fingerprint density at radius 3 is 2.33 bits per heavy atom.